The molecule has 0 aromatic carbocycles. The molecule has 2 rings (SSSR count). The van der Waals surface area contributed by atoms with Crippen LogP contribution in [0.3, 0.4) is 0 Å². The van der Waals surface area contributed by atoms with E-state index in [1.54, 1.807) is 6.92 Å². The highest BCUT2D eigenvalue weighted by atomic mass is 32.2. The Kier molecular flexibility index (Phi) is 3.04. The first-order chi connectivity index (χ1) is 7.68. The molecule has 7 heteroatoms. The van der Waals surface area contributed by atoms with Gasteiger partial charge < -0.3 is 9.63 Å². The van der Waals surface area contributed by atoms with Crippen molar-refractivity contribution in [3.8, 4) is 0 Å². The van der Waals surface area contributed by atoms with Crippen molar-refractivity contribution in [3.63, 3.8) is 0 Å². The molecule has 0 unspecified atom stereocenters. The Bertz CT molecular complexity index is 526. The smallest absolute Gasteiger partial charge is 0.304 e. The van der Waals surface area contributed by atoms with Crippen molar-refractivity contribution in [2.75, 3.05) is 5.75 Å². The van der Waals surface area contributed by atoms with Gasteiger partial charge in [-0.2, -0.15) is 4.98 Å². The van der Waals surface area contributed by atoms with Crippen molar-refractivity contribution >= 4 is 28.8 Å². The molecule has 6 nitrogen and oxygen atoms in total. The molecule has 0 fully saturated rings. The van der Waals surface area contributed by atoms with Crippen molar-refractivity contribution in [3.05, 3.63) is 12.0 Å². The van der Waals surface area contributed by atoms with Crippen molar-refractivity contribution in [2.45, 2.75) is 18.4 Å². The maximum atomic E-state index is 10.4. The standard InChI is InChI=1S/C9H9N3O3S/c1-5-7-8(15-12-5)10-4-11-9(7)16-3-2-6(13)14/h4H,2-3H2,1H3,(H,13,14). The van der Waals surface area contributed by atoms with Gasteiger partial charge in [0.05, 0.1) is 17.5 Å². The number of hydrogen-bond acceptors (Lipinski definition) is 6. The summed E-state index contributed by atoms with van der Waals surface area (Å²) in [6.45, 7) is 1.80. The lowest BCUT2D eigenvalue weighted by Gasteiger charge is -1.99. The molecular formula is C9H9N3O3S. The van der Waals surface area contributed by atoms with Crippen LogP contribution >= 0.6 is 11.8 Å². The van der Waals surface area contributed by atoms with Gasteiger partial charge in [0, 0.05) is 5.75 Å². The third-order valence-electron chi connectivity index (χ3n) is 1.96. The molecule has 0 spiro atoms. The van der Waals surface area contributed by atoms with Crippen LogP contribution in [-0.2, 0) is 4.79 Å². The van der Waals surface area contributed by atoms with Gasteiger partial charge in [0.25, 0.3) is 5.71 Å². The quantitative estimate of drug-likeness (QED) is 0.638. The molecule has 2 aromatic heterocycles. The number of aromatic nitrogens is 3. The third-order valence-corrected chi connectivity index (χ3v) is 2.95. The zero-order chi connectivity index (χ0) is 11.5. The Labute approximate surface area is 95.1 Å². The van der Waals surface area contributed by atoms with Crippen LogP contribution in [0.4, 0.5) is 0 Å². The Morgan fingerprint density at radius 1 is 1.56 bits per heavy atom. The number of aryl methyl sites for hydroxylation is 1. The number of rotatable bonds is 4. The molecule has 0 aliphatic rings. The number of carboxylic acids is 1. The minimum absolute atomic E-state index is 0.0977. The highest BCUT2D eigenvalue weighted by Crippen LogP contribution is 2.26. The second-order valence-electron chi connectivity index (χ2n) is 3.12. The van der Waals surface area contributed by atoms with Gasteiger partial charge in [-0.3, -0.25) is 4.79 Å². The summed E-state index contributed by atoms with van der Waals surface area (Å²) in [5, 5.41) is 13.8. The summed E-state index contributed by atoms with van der Waals surface area (Å²) in [6, 6.07) is 0. The predicted molar refractivity (Wildman–Crippen MR) is 57.3 cm³/mol. The molecule has 0 amide bonds. The van der Waals surface area contributed by atoms with Gasteiger partial charge in [-0.1, -0.05) is 5.16 Å². The topological polar surface area (TPSA) is 89.1 Å². The van der Waals surface area contributed by atoms with Crippen LogP contribution in [-0.4, -0.2) is 32.0 Å². The van der Waals surface area contributed by atoms with E-state index in [-0.39, 0.29) is 6.42 Å². The molecule has 0 aliphatic carbocycles. The number of nitrogens with zero attached hydrogens (tertiary/aromatic N) is 3. The van der Waals surface area contributed by atoms with E-state index in [1.165, 1.54) is 18.1 Å². The molecule has 0 saturated carbocycles. The Morgan fingerprint density at radius 2 is 2.38 bits per heavy atom. The van der Waals surface area contributed by atoms with Crippen molar-refractivity contribution < 1.29 is 14.4 Å². The minimum atomic E-state index is -0.820. The average molecular weight is 239 g/mol. The van der Waals surface area contributed by atoms with Gasteiger partial charge in [-0.15, -0.1) is 11.8 Å². The molecule has 1 N–H and O–H groups in total. The first-order valence-electron chi connectivity index (χ1n) is 4.60. The van der Waals surface area contributed by atoms with E-state index in [9.17, 15) is 4.79 Å². The molecule has 0 radical (unpaired) electrons. The average Bonchev–Trinajstić information content (AvgIpc) is 2.61. The number of thioether (sulfide) groups is 1. The molecule has 0 saturated heterocycles. The summed E-state index contributed by atoms with van der Waals surface area (Å²) >= 11 is 1.37. The number of carbonyl (C=O) groups is 1. The molecule has 2 heterocycles. The summed E-state index contributed by atoms with van der Waals surface area (Å²) in [4.78, 5) is 18.4. The van der Waals surface area contributed by atoms with Crippen LogP contribution in [0.5, 0.6) is 0 Å². The zero-order valence-electron chi connectivity index (χ0n) is 8.51. The first kappa shape index (κ1) is 10.9. The molecule has 0 atom stereocenters. The van der Waals surface area contributed by atoms with Crippen LogP contribution in [0.1, 0.15) is 12.1 Å². The minimum Gasteiger partial charge on any atom is -0.481 e. The van der Waals surface area contributed by atoms with Gasteiger partial charge >= 0.3 is 5.97 Å². The van der Waals surface area contributed by atoms with Gasteiger partial charge in [-0.05, 0) is 6.92 Å². The fourth-order valence-electron chi connectivity index (χ4n) is 1.23. The van der Waals surface area contributed by atoms with Crippen molar-refractivity contribution in [2.24, 2.45) is 0 Å². The van der Waals surface area contributed by atoms with Crippen molar-refractivity contribution in [1.82, 2.24) is 15.1 Å². The Balaban J connectivity index is 2.23. The highest BCUT2D eigenvalue weighted by Gasteiger charge is 2.12. The lowest BCUT2D eigenvalue weighted by atomic mass is 10.3. The summed E-state index contributed by atoms with van der Waals surface area (Å²) in [6.07, 6.45) is 1.48. The molecule has 84 valence electrons. The number of aliphatic carboxylic acids is 1. The lowest BCUT2D eigenvalue weighted by Crippen LogP contribution is -1.96. The zero-order valence-corrected chi connectivity index (χ0v) is 9.32. The fraction of sp³-hybridized carbons (Fsp3) is 0.333. The maximum Gasteiger partial charge on any atom is 0.304 e. The fourth-order valence-corrected chi connectivity index (χ4v) is 2.21. The van der Waals surface area contributed by atoms with Crippen LogP contribution < -0.4 is 0 Å². The van der Waals surface area contributed by atoms with Gasteiger partial charge in [0.2, 0.25) is 0 Å². The number of carboxylic acid groups (broad SMARTS) is 1. The highest BCUT2D eigenvalue weighted by molar-refractivity contribution is 7.99. The molecule has 16 heavy (non-hydrogen) atoms. The maximum absolute atomic E-state index is 10.4. The van der Waals surface area contributed by atoms with Crippen LogP contribution in [0.15, 0.2) is 15.9 Å². The molecular weight excluding hydrogens is 230 g/mol. The summed E-state index contributed by atoms with van der Waals surface area (Å²) in [5.74, 6) is -0.355. The van der Waals surface area contributed by atoms with E-state index < -0.39 is 5.97 Å². The predicted octanol–water partition coefficient (Wildman–Crippen LogP) is 1.49. The lowest BCUT2D eigenvalue weighted by molar-refractivity contribution is -0.136. The molecule has 0 aliphatic heterocycles. The first-order valence-corrected chi connectivity index (χ1v) is 5.58. The summed E-state index contributed by atoms with van der Waals surface area (Å²) in [5.41, 5.74) is 1.15. The van der Waals surface area contributed by atoms with E-state index in [1.807, 2.05) is 0 Å². The Morgan fingerprint density at radius 3 is 3.12 bits per heavy atom. The summed E-state index contributed by atoms with van der Waals surface area (Å²) in [7, 11) is 0. The van der Waals surface area contributed by atoms with Crippen LogP contribution in [0.25, 0.3) is 11.1 Å². The normalized spacial score (nSPS) is 10.8. The van der Waals surface area contributed by atoms with E-state index in [4.69, 9.17) is 9.63 Å². The third kappa shape index (κ3) is 2.13. The van der Waals surface area contributed by atoms with E-state index >= 15 is 0 Å². The second kappa shape index (κ2) is 4.48. The van der Waals surface area contributed by atoms with Crippen LogP contribution in [0.2, 0.25) is 0 Å². The second-order valence-corrected chi connectivity index (χ2v) is 4.20. The van der Waals surface area contributed by atoms with E-state index in [0.717, 1.165) is 5.39 Å². The van der Waals surface area contributed by atoms with Crippen molar-refractivity contribution in [1.29, 1.82) is 0 Å². The molecule has 0 bridgehead atoms. The number of hydrogen-bond donors (Lipinski definition) is 1. The van der Waals surface area contributed by atoms with E-state index in [0.29, 0.717) is 22.2 Å². The number of fused-ring (bicyclic) bond motifs is 1. The van der Waals surface area contributed by atoms with Crippen LogP contribution in [0, 0.1) is 6.92 Å². The summed E-state index contributed by atoms with van der Waals surface area (Å²) < 4.78 is 4.99. The Hall–Kier alpha value is -1.63. The van der Waals surface area contributed by atoms with Gasteiger partial charge in [0.15, 0.2) is 0 Å². The molecule has 2 aromatic rings. The van der Waals surface area contributed by atoms with Gasteiger partial charge in [0.1, 0.15) is 11.4 Å². The monoisotopic (exact) mass is 239 g/mol. The largest absolute Gasteiger partial charge is 0.481 e. The van der Waals surface area contributed by atoms with E-state index in [2.05, 4.69) is 15.1 Å². The van der Waals surface area contributed by atoms with Gasteiger partial charge in [-0.25, -0.2) is 4.98 Å². The SMILES string of the molecule is Cc1noc2ncnc(SCCC(=O)O)c12.